The number of nitrogens with one attached hydrogen (secondary N) is 1. The van der Waals surface area contributed by atoms with E-state index in [0.717, 1.165) is 22.4 Å². The Hall–Kier alpha value is -3.86. The molecule has 2 aliphatic heterocycles. The van der Waals surface area contributed by atoms with Gasteiger partial charge in [-0.15, -0.1) is 0 Å². The summed E-state index contributed by atoms with van der Waals surface area (Å²) in [5, 5.41) is 28.0. The molecule has 0 bridgehead atoms. The number of hydrogen-bond donors (Lipinski definition) is 3. The lowest BCUT2D eigenvalue weighted by molar-refractivity contribution is -0.138. The number of fused-ring (bicyclic) bond motifs is 4. The van der Waals surface area contributed by atoms with E-state index in [1.807, 2.05) is 24.3 Å². The maximum absolute atomic E-state index is 11.7. The molecule has 3 aliphatic rings. The third kappa shape index (κ3) is 8.40. The predicted octanol–water partition coefficient (Wildman–Crippen LogP) is 2.00. The molecule has 0 aromatic heterocycles. The van der Waals surface area contributed by atoms with E-state index >= 15 is 0 Å². The van der Waals surface area contributed by atoms with Gasteiger partial charge in [-0.3, -0.25) is 10.1 Å². The first-order valence-electron chi connectivity index (χ1n) is 15.8. The zero-order chi connectivity index (χ0) is 33.9. The van der Waals surface area contributed by atoms with Crippen LogP contribution in [0, 0.1) is 11.8 Å². The van der Waals surface area contributed by atoms with Crippen molar-refractivity contribution in [3.63, 3.8) is 0 Å². The van der Waals surface area contributed by atoms with E-state index in [-0.39, 0.29) is 31.7 Å². The number of carboxylic acids is 1. The highest BCUT2D eigenvalue weighted by Crippen LogP contribution is 2.52. The smallest absolute Gasteiger partial charge is 0.305 e. The molecule has 2 aromatic carbocycles. The molecule has 0 saturated heterocycles. The Bertz CT molecular complexity index is 1380. The van der Waals surface area contributed by atoms with Gasteiger partial charge in [0.2, 0.25) is 12.5 Å². The summed E-state index contributed by atoms with van der Waals surface area (Å²) in [6.45, 7) is 3.59. The van der Waals surface area contributed by atoms with Crippen molar-refractivity contribution in [1.82, 2.24) is 5.32 Å². The Morgan fingerprint density at radius 1 is 0.875 bits per heavy atom. The predicted molar refractivity (Wildman–Crippen MR) is 170 cm³/mol. The summed E-state index contributed by atoms with van der Waals surface area (Å²) in [5.41, 5.74) is 3.38. The molecule has 0 amide bonds. The molecular weight excluding hydrogens is 632 g/mol. The van der Waals surface area contributed by atoms with E-state index in [1.54, 1.807) is 21.3 Å². The van der Waals surface area contributed by atoms with E-state index in [1.165, 1.54) is 0 Å². The molecule has 2 aromatic rings. The molecule has 15 heteroatoms. The van der Waals surface area contributed by atoms with Crippen LogP contribution in [-0.4, -0.2) is 122 Å². The minimum atomic E-state index is -0.963. The number of ether oxygens (including phenoxy) is 9. The van der Waals surface area contributed by atoms with E-state index in [2.05, 4.69) is 10.5 Å². The number of nitrogens with zero attached hydrogens (tertiary/aromatic N) is 1. The summed E-state index contributed by atoms with van der Waals surface area (Å²) in [4.78, 5) is 16.1. The van der Waals surface area contributed by atoms with Crippen LogP contribution in [0.4, 0.5) is 0 Å². The first kappa shape index (κ1) is 35.4. The Labute approximate surface area is 278 Å². The fourth-order valence-corrected chi connectivity index (χ4v) is 6.17. The molecule has 264 valence electrons. The number of aliphatic carboxylic acids is 1. The molecule has 3 N–H and O–H groups in total. The zero-order valence-corrected chi connectivity index (χ0v) is 27.4. The molecule has 48 heavy (non-hydrogen) atoms. The summed E-state index contributed by atoms with van der Waals surface area (Å²) in [5.74, 6) is 0.876. The van der Waals surface area contributed by atoms with E-state index in [9.17, 15) is 9.90 Å². The minimum absolute atomic E-state index is 0.0269. The van der Waals surface area contributed by atoms with Crippen LogP contribution in [0.2, 0.25) is 0 Å². The number of oxime groups is 1. The van der Waals surface area contributed by atoms with Crippen LogP contribution in [0.25, 0.3) is 0 Å². The van der Waals surface area contributed by atoms with E-state index in [4.69, 9.17) is 52.6 Å². The van der Waals surface area contributed by atoms with Gasteiger partial charge in [0.1, 0.15) is 12.8 Å². The maximum Gasteiger partial charge on any atom is 0.305 e. The molecule has 0 saturated carbocycles. The molecule has 2 unspecified atom stereocenters. The van der Waals surface area contributed by atoms with Gasteiger partial charge < -0.3 is 57.7 Å². The van der Waals surface area contributed by atoms with Gasteiger partial charge in [-0.25, -0.2) is 0 Å². The monoisotopic (exact) mass is 676 g/mol. The Morgan fingerprint density at radius 3 is 2.08 bits per heavy atom. The minimum Gasteiger partial charge on any atom is -0.493 e. The van der Waals surface area contributed by atoms with Gasteiger partial charge in [-0.1, -0.05) is 5.16 Å². The van der Waals surface area contributed by atoms with Crippen molar-refractivity contribution < 1.29 is 62.5 Å². The number of hydrogen-bond acceptors (Lipinski definition) is 14. The first-order valence-corrected chi connectivity index (χ1v) is 15.8. The van der Waals surface area contributed by atoms with Crippen molar-refractivity contribution in [2.24, 2.45) is 17.0 Å². The van der Waals surface area contributed by atoms with Crippen LogP contribution in [0.3, 0.4) is 0 Å². The van der Waals surface area contributed by atoms with Gasteiger partial charge in [0, 0.05) is 29.9 Å². The number of rotatable bonds is 21. The van der Waals surface area contributed by atoms with Gasteiger partial charge >= 0.3 is 5.97 Å². The third-order valence-corrected chi connectivity index (χ3v) is 8.36. The van der Waals surface area contributed by atoms with Crippen molar-refractivity contribution in [3.8, 4) is 28.7 Å². The highest BCUT2D eigenvalue weighted by molar-refractivity contribution is 6.06. The number of methoxy groups -OCH3 is 3. The van der Waals surface area contributed by atoms with Crippen LogP contribution in [0.5, 0.6) is 28.7 Å². The normalized spacial score (nSPS) is 19.6. The lowest BCUT2D eigenvalue weighted by atomic mass is 9.65. The highest BCUT2D eigenvalue weighted by Gasteiger charge is 2.48. The van der Waals surface area contributed by atoms with Gasteiger partial charge in [0.15, 0.2) is 23.0 Å². The second-order valence-electron chi connectivity index (χ2n) is 11.2. The molecule has 0 radical (unpaired) electrons. The fraction of sp³-hybridized carbons (Fsp3) is 0.576. The summed E-state index contributed by atoms with van der Waals surface area (Å²) < 4.78 is 50.2. The lowest BCUT2D eigenvalue weighted by Gasteiger charge is -2.40. The Balaban J connectivity index is 1.19. The molecular formula is C33H44N2O13. The van der Waals surface area contributed by atoms with Gasteiger partial charge in [0.25, 0.3) is 0 Å². The van der Waals surface area contributed by atoms with Gasteiger partial charge in [0.05, 0.1) is 86.3 Å². The van der Waals surface area contributed by atoms with Crippen molar-refractivity contribution >= 4 is 11.7 Å². The molecule has 4 atom stereocenters. The van der Waals surface area contributed by atoms with Crippen LogP contribution in [0.15, 0.2) is 29.4 Å². The average Bonchev–Trinajstić information content (AvgIpc) is 3.77. The summed E-state index contributed by atoms with van der Waals surface area (Å²) >= 11 is 0. The van der Waals surface area contributed by atoms with Crippen molar-refractivity contribution in [2.75, 3.05) is 94.1 Å². The second kappa shape index (κ2) is 17.5. The quantitative estimate of drug-likeness (QED) is 0.129. The number of aliphatic hydroxyl groups excluding tert-OH is 1. The standard InChI is InChI=1S/C33H44N2O13/c1-39-26-14-20(15-27(40-2)32(26)41-3)29-21-16-24-25(47-19-46-24)17-22(21)31-23(18-48-35-31)30(29)33(38)34-5-7-43-9-11-45-13-12-44-10-8-42-6-4-28(36)37/h14-17,23,29-30,33-34,38H,4-13,18-19H2,1-3H3,(H,36,37)/t23?,29-,30+,33?/m1/s1. The third-order valence-electron chi connectivity index (χ3n) is 8.36. The first-order chi connectivity index (χ1) is 23.5. The van der Waals surface area contributed by atoms with E-state index < -0.39 is 18.1 Å². The summed E-state index contributed by atoms with van der Waals surface area (Å²) in [6.07, 6.45) is -0.990. The summed E-state index contributed by atoms with van der Waals surface area (Å²) in [6, 6.07) is 7.69. The topological polar surface area (TPSA) is 174 Å². The Morgan fingerprint density at radius 2 is 1.48 bits per heavy atom. The Kier molecular flexibility index (Phi) is 12.9. The molecule has 5 rings (SSSR count). The molecule has 0 spiro atoms. The highest BCUT2D eigenvalue weighted by atomic mass is 16.7. The van der Waals surface area contributed by atoms with Crippen molar-refractivity contribution in [1.29, 1.82) is 0 Å². The van der Waals surface area contributed by atoms with E-state index in [0.29, 0.717) is 88.1 Å². The second-order valence-corrected chi connectivity index (χ2v) is 11.2. The maximum atomic E-state index is 11.7. The summed E-state index contributed by atoms with van der Waals surface area (Å²) in [7, 11) is 4.70. The molecule has 0 fully saturated rings. The largest absolute Gasteiger partial charge is 0.493 e. The molecule has 2 heterocycles. The SMILES string of the molecule is COc1cc([C@@H]2c3cc4c(cc3C3=NOCC3[C@@H]2C(O)NCCOCCOCCOCCOCCC(=O)O)OCO4)cc(OC)c1OC. The van der Waals surface area contributed by atoms with Crippen molar-refractivity contribution in [2.45, 2.75) is 18.6 Å². The number of carbonyl (C=O) groups is 1. The zero-order valence-electron chi connectivity index (χ0n) is 27.4. The number of benzene rings is 2. The number of aliphatic hydroxyl groups is 1. The van der Waals surface area contributed by atoms with Crippen LogP contribution < -0.4 is 29.0 Å². The number of carboxylic acid groups (broad SMARTS) is 1. The van der Waals surface area contributed by atoms with Crippen LogP contribution in [0.1, 0.15) is 29.0 Å². The molecule has 15 nitrogen and oxygen atoms in total. The molecule has 1 aliphatic carbocycles. The van der Waals surface area contributed by atoms with Crippen molar-refractivity contribution in [3.05, 3.63) is 41.0 Å². The van der Waals surface area contributed by atoms with Gasteiger partial charge in [-0.05, 0) is 35.4 Å². The van der Waals surface area contributed by atoms with Crippen LogP contribution >= 0.6 is 0 Å². The fourth-order valence-electron chi connectivity index (χ4n) is 6.17. The van der Waals surface area contributed by atoms with Crippen LogP contribution in [-0.2, 0) is 28.6 Å². The average molecular weight is 677 g/mol. The lowest BCUT2D eigenvalue weighted by Crippen LogP contribution is -2.48. The van der Waals surface area contributed by atoms with Gasteiger partial charge in [-0.2, -0.15) is 0 Å².